The summed E-state index contributed by atoms with van der Waals surface area (Å²) in [5.74, 6) is -0.0657. The minimum Gasteiger partial charge on any atom is -0.481 e. The van der Waals surface area contributed by atoms with Gasteiger partial charge in [0, 0.05) is 19.1 Å². The largest absolute Gasteiger partial charge is 0.481 e. The van der Waals surface area contributed by atoms with E-state index in [9.17, 15) is 14.7 Å². The topological polar surface area (TPSA) is 69.6 Å². The van der Waals surface area contributed by atoms with E-state index in [1.165, 1.54) is 0 Å². The fourth-order valence-corrected chi connectivity index (χ4v) is 3.30. The molecular weight excluding hydrogens is 244 g/mol. The molecule has 19 heavy (non-hydrogen) atoms. The van der Waals surface area contributed by atoms with Gasteiger partial charge in [0.2, 0.25) is 0 Å². The molecule has 1 heterocycles. The Balaban J connectivity index is 1.89. The molecule has 2 aliphatic rings. The zero-order valence-corrected chi connectivity index (χ0v) is 11.8. The van der Waals surface area contributed by atoms with E-state index in [0.29, 0.717) is 31.8 Å². The van der Waals surface area contributed by atoms with Crippen molar-refractivity contribution in [1.29, 1.82) is 0 Å². The fraction of sp³-hybridized carbons (Fsp3) is 0.857. The summed E-state index contributed by atoms with van der Waals surface area (Å²) >= 11 is 0. The molecular formula is C14H24N2O3. The molecule has 2 N–H and O–H groups in total. The number of amides is 2. The number of hydrogen-bond acceptors (Lipinski definition) is 2. The normalized spacial score (nSPS) is 33.9. The van der Waals surface area contributed by atoms with Gasteiger partial charge in [-0.05, 0) is 31.6 Å². The summed E-state index contributed by atoms with van der Waals surface area (Å²) in [4.78, 5) is 25.2. The van der Waals surface area contributed by atoms with Crippen LogP contribution in [-0.4, -0.2) is 41.1 Å². The average Bonchev–Trinajstić information content (AvgIpc) is 2.73. The van der Waals surface area contributed by atoms with Crippen LogP contribution >= 0.6 is 0 Å². The first-order valence-electron chi connectivity index (χ1n) is 7.25. The molecule has 0 bridgehead atoms. The number of nitrogens with one attached hydrogen (secondary N) is 1. The van der Waals surface area contributed by atoms with Gasteiger partial charge in [0.05, 0.1) is 5.41 Å². The van der Waals surface area contributed by atoms with Gasteiger partial charge in [-0.1, -0.05) is 20.3 Å². The van der Waals surface area contributed by atoms with Crippen LogP contribution in [0.25, 0.3) is 0 Å². The van der Waals surface area contributed by atoms with E-state index in [4.69, 9.17) is 0 Å². The van der Waals surface area contributed by atoms with Crippen molar-refractivity contribution in [2.45, 2.75) is 52.0 Å². The van der Waals surface area contributed by atoms with E-state index in [-0.39, 0.29) is 12.1 Å². The number of aliphatic carboxylic acids is 1. The molecule has 1 atom stereocenters. The fourth-order valence-electron chi connectivity index (χ4n) is 3.30. The third kappa shape index (κ3) is 2.85. The summed E-state index contributed by atoms with van der Waals surface area (Å²) in [7, 11) is 0. The Morgan fingerprint density at radius 3 is 2.63 bits per heavy atom. The van der Waals surface area contributed by atoms with Crippen molar-refractivity contribution in [3.63, 3.8) is 0 Å². The van der Waals surface area contributed by atoms with Crippen molar-refractivity contribution >= 4 is 12.0 Å². The average molecular weight is 268 g/mol. The maximum absolute atomic E-state index is 12.1. The highest BCUT2D eigenvalue weighted by atomic mass is 16.4. The lowest BCUT2D eigenvalue weighted by Gasteiger charge is -2.34. The summed E-state index contributed by atoms with van der Waals surface area (Å²) < 4.78 is 0. The summed E-state index contributed by atoms with van der Waals surface area (Å²) in [6.45, 7) is 5.07. The Morgan fingerprint density at radius 2 is 2.11 bits per heavy atom. The molecule has 0 aromatic carbocycles. The lowest BCUT2D eigenvalue weighted by Crippen LogP contribution is -2.49. The van der Waals surface area contributed by atoms with Crippen LogP contribution in [0.4, 0.5) is 4.79 Å². The van der Waals surface area contributed by atoms with E-state index in [1.54, 1.807) is 4.90 Å². The van der Waals surface area contributed by atoms with Gasteiger partial charge in [-0.25, -0.2) is 4.79 Å². The van der Waals surface area contributed by atoms with E-state index >= 15 is 0 Å². The number of nitrogens with zero attached hydrogens (tertiary/aromatic N) is 1. The Kier molecular flexibility index (Phi) is 4.02. The first kappa shape index (κ1) is 14.2. The minimum atomic E-state index is -0.762. The van der Waals surface area contributed by atoms with Crippen LogP contribution in [0.2, 0.25) is 0 Å². The number of carbonyl (C=O) groups excluding carboxylic acids is 1. The lowest BCUT2D eigenvalue weighted by atomic mass is 9.82. The second-order valence-corrected chi connectivity index (χ2v) is 6.23. The Labute approximate surface area is 114 Å². The van der Waals surface area contributed by atoms with Crippen molar-refractivity contribution in [2.24, 2.45) is 11.3 Å². The molecule has 2 fully saturated rings. The molecule has 1 unspecified atom stereocenters. The minimum absolute atomic E-state index is 0.0869. The van der Waals surface area contributed by atoms with Gasteiger partial charge < -0.3 is 15.3 Å². The molecule has 0 aromatic rings. The maximum Gasteiger partial charge on any atom is 0.317 e. The number of carbonyl (C=O) groups is 2. The van der Waals surface area contributed by atoms with Crippen LogP contribution < -0.4 is 5.32 Å². The number of carboxylic acids is 1. The zero-order chi connectivity index (χ0) is 14.0. The summed E-state index contributed by atoms with van der Waals surface area (Å²) in [5.41, 5.74) is -0.723. The Bertz CT molecular complexity index is 366. The predicted molar refractivity (Wildman–Crippen MR) is 71.9 cm³/mol. The molecule has 1 saturated carbocycles. The van der Waals surface area contributed by atoms with E-state index < -0.39 is 11.4 Å². The highest BCUT2D eigenvalue weighted by Crippen LogP contribution is 2.36. The highest BCUT2D eigenvalue weighted by Gasteiger charge is 2.45. The van der Waals surface area contributed by atoms with Crippen molar-refractivity contribution in [3.8, 4) is 0 Å². The SMILES string of the molecule is CCCC1(C(=O)O)CCN(C(=O)NC2CC(C)C2)C1. The third-order valence-electron chi connectivity index (χ3n) is 4.52. The van der Waals surface area contributed by atoms with Crippen LogP contribution in [0.3, 0.4) is 0 Å². The van der Waals surface area contributed by atoms with Crippen molar-refractivity contribution in [3.05, 3.63) is 0 Å². The van der Waals surface area contributed by atoms with Crippen LogP contribution in [-0.2, 0) is 4.79 Å². The molecule has 2 amide bonds. The smallest absolute Gasteiger partial charge is 0.317 e. The van der Waals surface area contributed by atoms with Crippen molar-refractivity contribution < 1.29 is 14.7 Å². The van der Waals surface area contributed by atoms with E-state index in [0.717, 1.165) is 19.3 Å². The van der Waals surface area contributed by atoms with Crippen molar-refractivity contribution in [2.75, 3.05) is 13.1 Å². The molecule has 1 aliphatic carbocycles. The summed E-state index contributed by atoms with van der Waals surface area (Å²) in [6.07, 6.45) is 4.14. The van der Waals surface area contributed by atoms with Gasteiger partial charge in [0.15, 0.2) is 0 Å². The molecule has 108 valence electrons. The molecule has 5 nitrogen and oxygen atoms in total. The van der Waals surface area contributed by atoms with Crippen molar-refractivity contribution in [1.82, 2.24) is 10.2 Å². The van der Waals surface area contributed by atoms with Crippen LogP contribution in [0.15, 0.2) is 0 Å². The first-order chi connectivity index (χ1) is 8.97. The van der Waals surface area contributed by atoms with Crippen LogP contribution in [0.5, 0.6) is 0 Å². The third-order valence-corrected chi connectivity index (χ3v) is 4.52. The van der Waals surface area contributed by atoms with Crippen LogP contribution in [0.1, 0.15) is 46.0 Å². The standard InChI is InChI=1S/C14H24N2O3/c1-3-4-14(12(17)18)5-6-16(9-14)13(19)15-11-7-10(2)8-11/h10-11H,3-9H2,1-2H3,(H,15,19)(H,17,18). The van der Waals surface area contributed by atoms with E-state index in [1.807, 2.05) is 6.92 Å². The summed E-state index contributed by atoms with van der Waals surface area (Å²) in [6, 6.07) is 0.199. The zero-order valence-electron chi connectivity index (χ0n) is 11.8. The Morgan fingerprint density at radius 1 is 1.42 bits per heavy atom. The van der Waals surface area contributed by atoms with Gasteiger partial charge in [-0.3, -0.25) is 4.79 Å². The Hall–Kier alpha value is -1.26. The van der Waals surface area contributed by atoms with Gasteiger partial charge in [0.1, 0.15) is 0 Å². The predicted octanol–water partition coefficient (Wildman–Crippen LogP) is 2.07. The summed E-state index contributed by atoms with van der Waals surface area (Å²) in [5, 5.41) is 12.4. The maximum atomic E-state index is 12.1. The number of urea groups is 1. The van der Waals surface area contributed by atoms with E-state index in [2.05, 4.69) is 12.2 Å². The molecule has 0 radical (unpaired) electrons. The van der Waals surface area contributed by atoms with Gasteiger partial charge in [-0.2, -0.15) is 0 Å². The number of rotatable bonds is 4. The van der Waals surface area contributed by atoms with Gasteiger partial charge >= 0.3 is 12.0 Å². The molecule has 0 aromatic heterocycles. The highest BCUT2D eigenvalue weighted by molar-refractivity contribution is 5.80. The molecule has 2 rings (SSSR count). The molecule has 0 spiro atoms. The molecule has 1 saturated heterocycles. The second kappa shape index (κ2) is 5.39. The molecule has 5 heteroatoms. The lowest BCUT2D eigenvalue weighted by molar-refractivity contribution is -0.148. The first-order valence-corrected chi connectivity index (χ1v) is 7.25. The van der Waals surface area contributed by atoms with Crippen LogP contribution in [0, 0.1) is 11.3 Å². The second-order valence-electron chi connectivity index (χ2n) is 6.23. The number of carboxylic acid groups (broad SMARTS) is 1. The van der Waals surface area contributed by atoms with Gasteiger partial charge in [0.25, 0.3) is 0 Å². The number of hydrogen-bond donors (Lipinski definition) is 2. The number of likely N-dealkylation sites (tertiary alicyclic amines) is 1. The monoisotopic (exact) mass is 268 g/mol. The van der Waals surface area contributed by atoms with Gasteiger partial charge in [-0.15, -0.1) is 0 Å². The molecule has 1 aliphatic heterocycles. The quantitative estimate of drug-likeness (QED) is 0.820.